The zero-order chi connectivity index (χ0) is 16.3. The fourth-order valence-electron chi connectivity index (χ4n) is 1.72. The number of carbonyl (C=O) groups is 2. The number of sulfonamides is 1. The van der Waals surface area contributed by atoms with Crippen LogP contribution in [0.1, 0.15) is 12.8 Å². The molecule has 0 unspecified atom stereocenters. The molecule has 22 heavy (non-hydrogen) atoms. The third kappa shape index (κ3) is 4.05. The highest BCUT2D eigenvalue weighted by molar-refractivity contribution is 7.89. The van der Waals surface area contributed by atoms with E-state index in [1.54, 1.807) is 6.07 Å². The molecular weight excluding hydrogens is 308 g/mol. The first-order chi connectivity index (χ1) is 10.3. The van der Waals surface area contributed by atoms with Gasteiger partial charge in [-0.15, -0.1) is 0 Å². The van der Waals surface area contributed by atoms with Crippen molar-refractivity contribution in [3.05, 3.63) is 24.3 Å². The molecule has 0 atom stereocenters. The van der Waals surface area contributed by atoms with Gasteiger partial charge in [0.25, 0.3) is 5.91 Å². The van der Waals surface area contributed by atoms with E-state index in [4.69, 9.17) is 4.74 Å². The number of carbonyl (C=O) groups excluding carboxylic acids is 2. The van der Waals surface area contributed by atoms with Gasteiger partial charge in [-0.25, -0.2) is 12.7 Å². The molecule has 1 aromatic carbocycles. The maximum atomic E-state index is 12.0. The average Bonchev–Trinajstić information content (AvgIpc) is 3.29. The Hall–Kier alpha value is -1.93. The predicted octanol–water partition coefficient (Wildman–Crippen LogP) is 0.829. The van der Waals surface area contributed by atoms with Gasteiger partial charge in [0.2, 0.25) is 10.0 Å². The van der Waals surface area contributed by atoms with Gasteiger partial charge in [0, 0.05) is 19.8 Å². The Balaban J connectivity index is 1.97. The van der Waals surface area contributed by atoms with Crippen molar-refractivity contribution in [2.45, 2.75) is 17.7 Å². The van der Waals surface area contributed by atoms with Gasteiger partial charge in [0.1, 0.15) is 0 Å². The van der Waals surface area contributed by atoms with Gasteiger partial charge < -0.3 is 10.1 Å². The van der Waals surface area contributed by atoms with Crippen molar-refractivity contribution in [2.24, 2.45) is 5.92 Å². The zero-order valence-corrected chi connectivity index (χ0v) is 13.2. The first-order valence-electron chi connectivity index (χ1n) is 6.80. The van der Waals surface area contributed by atoms with Gasteiger partial charge in [0.15, 0.2) is 6.61 Å². The van der Waals surface area contributed by atoms with Crippen LogP contribution in [0.2, 0.25) is 0 Å². The van der Waals surface area contributed by atoms with Gasteiger partial charge in [-0.05, 0) is 31.0 Å². The molecule has 1 aromatic rings. The quantitative estimate of drug-likeness (QED) is 0.782. The number of nitrogens with zero attached hydrogens (tertiary/aromatic N) is 1. The molecule has 1 aliphatic carbocycles. The van der Waals surface area contributed by atoms with Gasteiger partial charge in [-0.2, -0.15) is 0 Å². The number of amides is 1. The third-order valence-corrected chi connectivity index (χ3v) is 4.96. The smallest absolute Gasteiger partial charge is 0.309 e. The normalized spacial score (nSPS) is 14.7. The fraction of sp³-hybridized carbons (Fsp3) is 0.429. The topological polar surface area (TPSA) is 92.8 Å². The van der Waals surface area contributed by atoms with E-state index >= 15 is 0 Å². The highest BCUT2D eigenvalue weighted by Crippen LogP contribution is 2.30. The van der Waals surface area contributed by atoms with Gasteiger partial charge >= 0.3 is 5.97 Å². The number of ether oxygens (including phenoxy) is 1. The van der Waals surface area contributed by atoms with Gasteiger partial charge in [-0.1, -0.05) is 6.07 Å². The Bertz CT molecular complexity index is 680. The summed E-state index contributed by atoms with van der Waals surface area (Å²) in [5.41, 5.74) is 0.329. The van der Waals surface area contributed by atoms with E-state index in [9.17, 15) is 18.0 Å². The lowest BCUT2D eigenvalue weighted by atomic mass is 10.3. The minimum absolute atomic E-state index is 0.0682. The molecule has 0 aliphatic heterocycles. The second-order valence-electron chi connectivity index (χ2n) is 5.25. The predicted molar refractivity (Wildman–Crippen MR) is 79.6 cm³/mol. The second-order valence-corrected chi connectivity index (χ2v) is 7.40. The van der Waals surface area contributed by atoms with Crippen LogP contribution >= 0.6 is 0 Å². The van der Waals surface area contributed by atoms with Crippen LogP contribution in [-0.4, -0.2) is 45.3 Å². The molecule has 1 amide bonds. The molecule has 1 aliphatic rings. The fourth-order valence-corrected chi connectivity index (χ4v) is 2.66. The molecule has 0 spiro atoms. The number of anilines is 1. The number of benzene rings is 1. The largest absolute Gasteiger partial charge is 0.455 e. The summed E-state index contributed by atoms with van der Waals surface area (Å²) in [7, 11) is -0.710. The van der Waals surface area contributed by atoms with E-state index in [1.807, 2.05) is 0 Å². The second kappa shape index (κ2) is 6.45. The molecule has 0 saturated heterocycles. The molecular formula is C14H18N2O5S. The Labute approximate surface area is 129 Å². The molecule has 7 nitrogen and oxygen atoms in total. The van der Waals surface area contributed by atoms with Crippen LogP contribution in [0, 0.1) is 5.92 Å². The Kier molecular flexibility index (Phi) is 4.82. The number of esters is 1. The molecule has 1 N–H and O–H groups in total. The first-order valence-corrected chi connectivity index (χ1v) is 8.24. The van der Waals surface area contributed by atoms with Crippen molar-refractivity contribution in [2.75, 3.05) is 26.0 Å². The molecule has 0 radical (unpaired) electrons. The summed E-state index contributed by atoms with van der Waals surface area (Å²) in [4.78, 5) is 23.1. The highest BCUT2D eigenvalue weighted by atomic mass is 32.2. The molecule has 0 heterocycles. The molecule has 0 bridgehead atoms. The van der Waals surface area contributed by atoms with Gasteiger partial charge in [0.05, 0.1) is 10.8 Å². The standard InChI is InChI=1S/C14H18N2O5S/c1-16(2)22(19,20)12-5-3-4-11(8-12)15-13(17)9-21-14(18)10-6-7-10/h3-5,8,10H,6-7,9H2,1-2H3,(H,15,17). The third-order valence-electron chi connectivity index (χ3n) is 3.15. The van der Waals surface area contributed by atoms with E-state index < -0.39 is 15.9 Å². The van der Waals surface area contributed by atoms with Crippen molar-refractivity contribution in [3.8, 4) is 0 Å². The lowest BCUT2D eigenvalue weighted by Gasteiger charge is -2.12. The Morgan fingerprint density at radius 1 is 1.32 bits per heavy atom. The lowest BCUT2D eigenvalue weighted by Crippen LogP contribution is -2.23. The van der Waals surface area contributed by atoms with Crippen LogP contribution in [0.5, 0.6) is 0 Å². The Morgan fingerprint density at radius 3 is 2.59 bits per heavy atom. The SMILES string of the molecule is CN(C)S(=O)(=O)c1cccc(NC(=O)COC(=O)C2CC2)c1. The zero-order valence-electron chi connectivity index (χ0n) is 12.4. The molecule has 0 aromatic heterocycles. The van der Waals surface area contributed by atoms with Crippen LogP contribution in [0.4, 0.5) is 5.69 Å². The number of hydrogen-bond acceptors (Lipinski definition) is 5. The number of hydrogen-bond donors (Lipinski definition) is 1. The maximum Gasteiger partial charge on any atom is 0.309 e. The summed E-state index contributed by atoms with van der Waals surface area (Å²) in [5, 5.41) is 2.51. The summed E-state index contributed by atoms with van der Waals surface area (Å²) in [6.07, 6.45) is 1.62. The highest BCUT2D eigenvalue weighted by Gasteiger charge is 2.31. The van der Waals surface area contributed by atoms with E-state index in [-0.39, 0.29) is 23.4 Å². The molecule has 1 saturated carbocycles. The summed E-state index contributed by atoms with van der Waals surface area (Å²) in [6, 6.07) is 5.89. The minimum atomic E-state index is -3.57. The van der Waals surface area contributed by atoms with Crippen LogP contribution < -0.4 is 5.32 Å². The first kappa shape index (κ1) is 16.4. The van der Waals surface area contributed by atoms with E-state index in [0.29, 0.717) is 5.69 Å². The van der Waals surface area contributed by atoms with Crippen LogP contribution in [0.3, 0.4) is 0 Å². The summed E-state index contributed by atoms with van der Waals surface area (Å²) < 4.78 is 30.0. The maximum absolute atomic E-state index is 12.0. The van der Waals surface area contributed by atoms with E-state index in [0.717, 1.165) is 17.1 Å². The molecule has 1 fully saturated rings. The van der Waals surface area contributed by atoms with Crippen LogP contribution in [-0.2, 0) is 24.3 Å². The van der Waals surface area contributed by atoms with Gasteiger partial charge in [-0.3, -0.25) is 9.59 Å². The van der Waals surface area contributed by atoms with Crippen LogP contribution in [0.25, 0.3) is 0 Å². The summed E-state index contributed by atoms with van der Waals surface area (Å²) >= 11 is 0. The Morgan fingerprint density at radius 2 is 2.00 bits per heavy atom. The molecule has 2 rings (SSSR count). The van der Waals surface area contributed by atoms with E-state index in [1.165, 1.54) is 32.3 Å². The van der Waals surface area contributed by atoms with E-state index in [2.05, 4.69) is 5.32 Å². The lowest BCUT2D eigenvalue weighted by molar-refractivity contribution is -0.148. The molecule has 120 valence electrons. The summed E-state index contributed by atoms with van der Waals surface area (Å²) in [5.74, 6) is -0.936. The van der Waals surface area contributed by atoms with Crippen LogP contribution in [0.15, 0.2) is 29.2 Å². The summed E-state index contributed by atoms with van der Waals surface area (Å²) in [6.45, 7) is -0.375. The van der Waals surface area contributed by atoms with Crippen molar-refractivity contribution < 1.29 is 22.7 Å². The van der Waals surface area contributed by atoms with Crippen molar-refractivity contribution >= 4 is 27.6 Å². The van der Waals surface area contributed by atoms with Crippen molar-refractivity contribution in [1.29, 1.82) is 0 Å². The monoisotopic (exact) mass is 326 g/mol. The number of nitrogens with one attached hydrogen (secondary N) is 1. The minimum Gasteiger partial charge on any atom is -0.455 e. The average molecular weight is 326 g/mol. The van der Waals surface area contributed by atoms with Crippen molar-refractivity contribution in [1.82, 2.24) is 4.31 Å². The molecule has 8 heteroatoms. The number of rotatable bonds is 6. The van der Waals surface area contributed by atoms with Crippen molar-refractivity contribution in [3.63, 3.8) is 0 Å².